The molecule has 0 aliphatic rings. The fourth-order valence-corrected chi connectivity index (χ4v) is 3.58. The van der Waals surface area contributed by atoms with Crippen molar-refractivity contribution in [3.8, 4) is 5.75 Å². The molecule has 2 aromatic carbocycles. The molecule has 0 aliphatic heterocycles. The van der Waals surface area contributed by atoms with Gasteiger partial charge in [0.2, 0.25) is 0 Å². The molecule has 0 aliphatic carbocycles. The summed E-state index contributed by atoms with van der Waals surface area (Å²) < 4.78 is 0. The minimum atomic E-state index is 0.304. The minimum Gasteiger partial charge on any atom is -0.508 e. The van der Waals surface area contributed by atoms with Crippen molar-refractivity contribution in [2.24, 2.45) is 0 Å². The Morgan fingerprint density at radius 2 is 1.54 bits per heavy atom. The molecule has 0 bridgehead atoms. The highest BCUT2D eigenvalue weighted by Gasteiger charge is 2.20. The third kappa shape index (κ3) is 4.61. The quantitative estimate of drug-likeness (QED) is 0.742. The molecule has 2 rings (SSSR count). The number of aryl methyl sites for hydroxylation is 1. The van der Waals surface area contributed by atoms with E-state index in [-0.39, 0.29) is 0 Å². The number of benzene rings is 2. The SMILES string of the molecule is Cc1ccc(O)cc1C(CCN(C(C)C)C(C)C)c1ccccc1. The van der Waals surface area contributed by atoms with E-state index in [0.717, 1.165) is 13.0 Å². The van der Waals surface area contributed by atoms with Crippen LogP contribution in [0.25, 0.3) is 0 Å². The van der Waals surface area contributed by atoms with Gasteiger partial charge in [0.1, 0.15) is 5.75 Å². The van der Waals surface area contributed by atoms with Crippen molar-refractivity contribution in [1.29, 1.82) is 0 Å². The predicted molar refractivity (Wildman–Crippen MR) is 103 cm³/mol. The van der Waals surface area contributed by atoms with Crippen LogP contribution in [0.4, 0.5) is 0 Å². The summed E-state index contributed by atoms with van der Waals surface area (Å²) in [6, 6.07) is 17.4. The van der Waals surface area contributed by atoms with Crippen molar-refractivity contribution in [2.45, 2.75) is 59.0 Å². The lowest BCUT2D eigenvalue weighted by molar-refractivity contribution is 0.170. The largest absolute Gasteiger partial charge is 0.508 e. The second-order valence-electron chi connectivity index (χ2n) is 7.22. The van der Waals surface area contributed by atoms with Gasteiger partial charge in [0.15, 0.2) is 0 Å². The Labute approximate surface area is 147 Å². The van der Waals surface area contributed by atoms with E-state index in [0.29, 0.717) is 23.8 Å². The Bertz CT molecular complexity index is 626. The highest BCUT2D eigenvalue weighted by Crippen LogP contribution is 2.33. The molecule has 0 aromatic heterocycles. The van der Waals surface area contributed by atoms with E-state index in [1.807, 2.05) is 12.1 Å². The number of hydrogen-bond acceptors (Lipinski definition) is 2. The monoisotopic (exact) mass is 325 g/mol. The number of nitrogens with zero attached hydrogens (tertiary/aromatic N) is 1. The summed E-state index contributed by atoms with van der Waals surface area (Å²) in [6.45, 7) is 12.2. The van der Waals surface area contributed by atoms with Gasteiger partial charge in [-0.15, -0.1) is 0 Å². The molecule has 0 fully saturated rings. The minimum absolute atomic E-state index is 0.304. The molecular weight excluding hydrogens is 294 g/mol. The van der Waals surface area contributed by atoms with E-state index in [9.17, 15) is 5.11 Å². The molecule has 24 heavy (non-hydrogen) atoms. The zero-order valence-electron chi connectivity index (χ0n) is 15.7. The Morgan fingerprint density at radius 1 is 0.917 bits per heavy atom. The van der Waals surface area contributed by atoms with Crippen LogP contribution >= 0.6 is 0 Å². The zero-order chi connectivity index (χ0) is 17.7. The second-order valence-corrected chi connectivity index (χ2v) is 7.22. The van der Waals surface area contributed by atoms with Crippen LogP contribution in [0, 0.1) is 6.92 Å². The molecule has 0 saturated heterocycles. The average Bonchev–Trinajstić information content (AvgIpc) is 2.54. The topological polar surface area (TPSA) is 23.5 Å². The van der Waals surface area contributed by atoms with Crippen molar-refractivity contribution in [3.05, 3.63) is 65.2 Å². The summed E-state index contributed by atoms with van der Waals surface area (Å²) in [5.74, 6) is 0.652. The molecule has 2 aromatic rings. The maximum absolute atomic E-state index is 9.98. The van der Waals surface area contributed by atoms with Gasteiger partial charge in [-0.1, -0.05) is 36.4 Å². The lowest BCUT2D eigenvalue weighted by Crippen LogP contribution is -2.38. The maximum atomic E-state index is 9.98. The number of phenolic OH excluding ortho intramolecular Hbond substituents is 1. The summed E-state index contributed by atoms with van der Waals surface area (Å²) in [4.78, 5) is 2.54. The summed E-state index contributed by atoms with van der Waals surface area (Å²) >= 11 is 0. The number of phenols is 1. The van der Waals surface area contributed by atoms with Crippen molar-refractivity contribution in [1.82, 2.24) is 4.90 Å². The molecule has 0 amide bonds. The molecule has 2 nitrogen and oxygen atoms in total. The first-order chi connectivity index (χ1) is 11.4. The highest BCUT2D eigenvalue weighted by molar-refractivity contribution is 5.41. The van der Waals surface area contributed by atoms with Crippen LogP contribution in [0.5, 0.6) is 5.75 Å². The summed E-state index contributed by atoms with van der Waals surface area (Å²) in [5.41, 5.74) is 3.79. The number of rotatable bonds is 7. The summed E-state index contributed by atoms with van der Waals surface area (Å²) in [7, 11) is 0. The van der Waals surface area contributed by atoms with Gasteiger partial charge in [-0.05, 0) is 76.4 Å². The first-order valence-corrected chi connectivity index (χ1v) is 9.00. The molecule has 1 unspecified atom stereocenters. The van der Waals surface area contributed by atoms with Crippen molar-refractivity contribution in [2.75, 3.05) is 6.54 Å². The third-order valence-electron chi connectivity index (χ3n) is 4.84. The van der Waals surface area contributed by atoms with Crippen LogP contribution in [0.1, 0.15) is 56.7 Å². The lowest BCUT2D eigenvalue weighted by atomic mass is 9.85. The zero-order valence-corrected chi connectivity index (χ0v) is 15.7. The van der Waals surface area contributed by atoms with Gasteiger partial charge in [-0.2, -0.15) is 0 Å². The van der Waals surface area contributed by atoms with E-state index in [1.54, 1.807) is 6.07 Å². The van der Waals surface area contributed by atoms with Gasteiger partial charge in [0.25, 0.3) is 0 Å². The first kappa shape index (κ1) is 18.5. The standard InChI is InChI=1S/C22H31NO/c1-16(2)23(17(3)4)14-13-21(19-9-7-6-8-10-19)22-15-20(24)12-11-18(22)5/h6-12,15-17,21,24H,13-14H2,1-5H3. The van der Waals surface area contributed by atoms with Crippen LogP contribution in [-0.4, -0.2) is 28.6 Å². The molecule has 0 radical (unpaired) electrons. The Kier molecular flexibility index (Phi) is 6.44. The third-order valence-corrected chi connectivity index (χ3v) is 4.84. The van der Waals surface area contributed by atoms with Crippen molar-refractivity contribution >= 4 is 0 Å². The normalized spacial score (nSPS) is 13.0. The van der Waals surface area contributed by atoms with Crippen molar-refractivity contribution < 1.29 is 5.11 Å². The molecule has 0 saturated carbocycles. The van der Waals surface area contributed by atoms with Gasteiger partial charge >= 0.3 is 0 Å². The Morgan fingerprint density at radius 3 is 2.12 bits per heavy atom. The van der Waals surface area contributed by atoms with E-state index in [2.05, 4.69) is 69.9 Å². The van der Waals surface area contributed by atoms with Gasteiger partial charge in [0, 0.05) is 18.0 Å². The van der Waals surface area contributed by atoms with Crippen LogP contribution in [-0.2, 0) is 0 Å². The average molecular weight is 325 g/mol. The molecule has 0 spiro atoms. The number of aromatic hydroxyl groups is 1. The van der Waals surface area contributed by atoms with Crippen LogP contribution < -0.4 is 0 Å². The molecule has 2 heteroatoms. The second kappa shape index (κ2) is 8.34. The molecule has 1 atom stereocenters. The fraction of sp³-hybridized carbons (Fsp3) is 0.455. The molecule has 1 N–H and O–H groups in total. The van der Waals surface area contributed by atoms with E-state index in [4.69, 9.17) is 0 Å². The van der Waals surface area contributed by atoms with Gasteiger partial charge < -0.3 is 5.11 Å². The highest BCUT2D eigenvalue weighted by atomic mass is 16.3. The van der Waals surface area contributed by atoms with E-state index in [1.165, 1.54) is 16.7 Å². The smallest absolute Gasteiger partial charge is 0.115 e. The van der Waals surface area contributed by atoms with Crippen LogP contribution in [0.15, 0.2) is 48.5 Å². The molecular formula is C22H31NO. The first-order valence-electron chi connectivity index (χ1n) is 9.00. The van der Waals surface area contributed by atoms with Gasteiger partial charge in [-0.3, -0.25) is 4.90 Å². The van der Waals surface area contributed by atoms with Crippen molar-refractivity contribution in [3.63, 3.8) is 0 Å². The number of hydrogen-bond donors (Lipinski definition) is 1. The van der Waals surface area contributed by atoms with Crippen LogP contribution in [0.2, 0.25) is 0 Å². The van der Waals surface area contributed by atoms with Gasteiger partial charge in [-0.25, -0.2) is 0 Å². The molecule has 0 heterocycles. The van der Waals surface area contributed by atoms with E-state index >= 15 is 0 Å². The Balaban J connectivity index is 2.32. The van der Waals surface area contributed by atoms with Crippen LogP contribution in [0.3, 0.4) is 0 Å². The van der Waals surface area contributed by atoms with Gasteiger partial charge in [0.05, 0.1) is 0 Å². The Hall–Kier alpha value is -1.80. The van der Waals surface area contributed by atoms with E-state index < -0.39 is 0 Å². The fourth-order valence-electron chi connectivity index (χ4n) is 3.58. The lowest BCUT2D eigenvalue weighted by Gasteiger charge is -2.32. The maximum Gasteiger partial charge on any atom is 0.115 e. The predicted octanol–water partition coefficient (Wildman–Crippen LogP) is 5.34. The molecule has 130 valence electrons. The summed E-state index contributed by atoms with van der Waals surface area (Å²) in [6.07, 6.45) is 1.05. The summed E-state index contributed by atoms with van der Waals surface area (Å²) in [5, 5.41) is 9.98.